The van der Waals surface area contributed by atoms with Crippen molar-refractivity contribution >= 4 is 15.8 Å². The molecule has 0 saturated carbocycles. The summed E-state index contributed by atoms with van der Waals surface area (Å²) in [7, 11) is -3.55. The third kappa shape index (κ3) is 2.85. The van der Waals surface area contributed by atoms with Crippen molar-refractivity contribution in [1.82, 2.24) is 0 Å². The van der Waals surface area contributed by atoms with Gasteiger partial charge in [-0.2, -0.15) is 0 Å². The molecular formula is C14H11FO4S. The van der Waals surface area contributed by atoms with Crippen LogP contribution < -0.4 is 0 Å². The Labute approximate surface area is 115 Å². The number of carbonyl (C=O) groups is 1. The minimum Gasteiger partial charge on any atom is -0.478 e. The molecular weight excluding hydrogens is 283 g/mol. The van der Waals surface area contributed by atoms with Gasteiger partial charge in [-0.15, -0.1) is 0 Å². The third-order valence-corrected chi connectivity index (χ3v) is 3.92. The lowest BCUT2D eigenvalue weighted by atomic mass is 10.0. The first-order valence-corrected chi connectivity index (χ1v) is 7.51. The van der Waals surface area contributed by atoms with Crippen molar-refractivity contribution in [2.45, 2.75) is 4.90 Å². The molecule has 0 aliphatic carbocycles. The van der Waals surface area contributed by atoms with Crippen LogP contribution in [0, 0.1) is 5.82 Å². The second-order valence-electron chi connectivity index (χ2n) is 4.30. The normalized spacial score (nSPS) is 11.3. The summed E-state index contributed by atoms with van der Waals surface area (Å²) in [5, 5.41) is 8.98. The largest absolute Gasteiger partial charge is 0.478 e. The van der Waals surface area contributed by atoms with Crippen LogP contribution in [0.5, 0.6) is 0 Å². The molecule has 0 heterocycles. The monoisotopic (exact) mass is 294 g/mol. The number of hydrogen-bond acceptors (Lipinski definition) is 3. The molecule has 0 aliphatic rings. The van der Waals surface area contributed by atoms with Crippen molar-refractivity contribution in [2.75, 3.05) is 6.26 Å². The maximum absolute atomic E-state index is 13.3. The Morgan fingerprint density at radius 2 is 1.85 bits per heavy atom. The average Bonchev–Trinajstić information content (AvgIpc) is 2.37. The molecule has 0 fully saturated rings. The van der Waals surface area contributed by atoms with Gasteiger partial charge in [0.2, 0.25) is 0 Å². The number of sulfone groups is 1. The molecule has 2 aromatic carbocycles. The molecule has 20 heavy (non-hydrogen) atoms. The quantitative estimate of drug-likeness (QED) is 0.944. The third-order valence-electron chi connectivity index (χ3n) is 2.76. The highest BCUT2D eigenvalue weighted by Crippen LogP contribution is 2.29. The van der Waals surface area contributed by atoms with E-state index in [-0.39, 0.29) is 16.0 Å². The van der Waals surface area contributed by atoms with Crippen LogP contribution in [-0.4, -0.2) is 25.7 Å². The summed E-state index contributed by atoms with van der Waals surface area (Å²) < 4.78 is 36.8. The van der Waals surface area contributed by atoms with E-state index in [0.717, 1.165) is 12.3 Å². The highest BCUT2D eigenvalue weighted by Gasteiger charge is 2.17. The number of halogens is 1. The summed E-state index contributed by atoms with van der Waals surface area (Å²) in [6.45, 7) is 0. The molecule has 0 radical (unpaired) electrons. The van der Waals surface area contributed by atoms with Crippen LogP contribution in [0.2, 0.25) is 0 Å². The molecule has 0 unspecified atom stereocenters. The van der Waals surface area contributed by atoms with E-state index in [1.165, 1.54) is 36.4 Å². The van der Waals surface area contributed by atoms with Crippen LogP contribution in [0.4, 0.5) is 4.39 Å². The molecule has 2 rings (SSSR count). The Balaban J connectivity index is 2.77. The van der Waals surface area contributed by atoms with E-state index >= 15 is 0 Å². The van der Waals surface area contributed by atoms with Gasteiger partial charge in [-0.05, 0) is 35.9 Å². The van der Waals surface area contributed by atoms with Crippen molar-refractivity contribution in [3.63, 3.8) is 0 Å². The van der Waals surface area contributed by atoms with E-state index in [1.807, 2.05) is 0 Å². The average molecular weight is 294 g/mol. The van der Waals surface area contributed by atoms with Gasteiger partial charge in [0.25, 0.3) is 0 Å². The first-order valence-electron chi connectivity index (χ1n) is 5.62. The van der Waals surface area contributed by atoms with Gasteiger partial charge in [-0.3, -0.25) is 0 Å². The first kappa shape index (κ1) is 14.2. The molecule has 1 N–H and O–H groups in total. The highest BCUT2D eigenvalue weighted by atomic mass is 32.2. The molecule has 0 saturated heterocycles. The fraction of sp³-hybridized carbons (Fsp3) is 0.0714. The number of hydrogen-bond donors (Lipinski definition) is 1. The molecule has 0 aliphatic heterocycles. The van der Waals surface area contributed by atoms with E-state index in [4.69, 9.17) is 5.11 Å². The lowest BCUT2D eigenvalue weighted by Gasteiger charge is -2.09. The molecule has 0 bridgehead atoms. The van der Waals surface area contributed by atoms with Gasteiger partial charge >= 0.3 is 5.97 Å². The zero-order valence-electron chi connectivity index (χ0n) is 10.5. The van der Waals surface area contributed by atoms with Gasteiger partial charge in [0.15, 0.2) is 9.84 Å². The van der Waals surface area contributed by atoms with Crippen molar-refractivity contribution in [3.05, 3.63) is 53.8 Å². The predicted octanol–water partition coefficient (Wildman–Crippen LogP) is 2.59. The predicted molar refractivity (Wildman–Crippen MR) is 71.9 cm³/mol. The molecule has 0 amide bonds. The number of carboxylic acids is 1. The summed E-state index contributed by atoms with van der Waals surface area (Å²) in [6.07, 6.45) is 1.02. The second-order valence-corrected chi connectivity index (χ2v) is 6.28. The van der Waals surface area contributed by atoms with E-state index in [2.05, 4.69) is 0 Å². The summed E-state index contributed by atoms with van der Waals surface area (Å²) in [5.74, 6) is -1.70. The summed E-state index contributed by atoms with van der Waals surface area (Å²) in [6, 6.07) is 9.01. The zero-order valence-corrected chi connectivity index (χ0v) is 11.3. The molecule has 104 valence electrons. The van der Waals surface area contributed by atoms with Gasteiger partial charge in [-0.1, -0.05) is 12.1 Å². The Morgan fingerprint density at radius 3 is 2.40 bits per heavy atom. The lowest BCUT2D eigenvalue weighted by Crippen LogP contribution is -2.03. The van der Waals surface area contributed by atoms with Crippen molar-refractivity contribution in [3.8, 4) is 11.1 Å². The minimum atomic E-state index is -3.55. The van der Waals surface area contributed by atoms with Gasteiger partial charge in [0.05, 0.1) is 10.5 Å². The minimum absolute atomic E-state index is 0.0342. The number of aromatic carboxylic acids is 1. The lowest BCUT2D eigenvalue weighted by molar-refractivity contribution is 0.0697. The van der Waals surface area contributed by atoms with E-state index in [0.29, 0.717) is 5.56 Å². The standard InChI is InChI=1S/C14H11FO4S/c1-20(18,19)13-6-5-10(14(16)17)8-12(13)9-3-2-4-11(15)7-9/h2-8H,1H3,(H,16,17). The zero-order chi connectivity index (χ0) is 14.9. The van der Waals surface area contributed by atoms with Gasteiger partial charge in [-0.25, -0.2) is 17.6 Å². The first-order chi connectivity index (χ1) is 9.29. The molecule has 4 nitrogen and oxygen atoms in total. The Morgan fingerprint density at radius 1 is 1.15 bits per heavy atom. The SMILES string of the molecule is CS(=O)(=O)c1ccc(C(=O)O)cc1-c1cccc(F)c1. The molecule has 0 atom stereocenters. The maximum atomic E-state index is 13.3. The van der Waals surface area contributed by atoms with Gasteiger partial charge < -0.3 is 5.11 Å². The van der Waals surface area contributed by atoms with Crippen molar-refractivity contribution in [2.24, 2.45) is 0 Å². The number of carboxylic acid groups (broad SMARTS) is 1. The van der Waals surface area contributed by atoms with Gasteiger partial charge in [0.1, 0.15) is 5.82 Å². The fourth-order valence-corrected chi connectivity index (χ4v) is 2.76. The molecule has 0 spiro atoms. The smallest absolute Gasteiger partial charge is 0.335 e. The van der Waals surface area contributed by atoms with Crippen molar-refractivity contribution in [1.29, 1.82) is 0 Å². The highest BCUT2D eigenvalue weighted by molar-refractivity contribution is 7.90. The molecule has 2 aromatic rings. The van der Waals surface area contributed by atoms with Crippen LogP contribution >= 0.6 is 0 Å². The van der Waals surface area contributed by atoms with E-state index in [9.17, 15) is 17.6 Å². The fourth-order valence-electron chi connectivity index (χ4n) is 1.87. The Bertz CT molecular complexity index is 782. The van der Waals surface area contributed by atoms with E-state index in [1.54, 1.807) is 0 Å². The topological polar surface area (TPSA) is 71.4 Å². The van der Waals surface area contributed by atoms with Crippen LogP contribution in [0.25, 0.3) is 11.1 Å². The summed E-state index contributed by atoms with van der Waals surface area (Å²) in [4.78, 5) is 11.0. The van der Waals surface area contributed by atoms with Crippen LogP contribution in [0.1, 0.15) is 10.4 Å². The van der Waals surface area contributed by atoms with Crippen molar-refractivity contribution < 1.29 is 22.7 Å². The summed E-state index contributed by atoms with van der Waals surface area (Å²) >= 11 is 0. The Hall–Kier alpha value is -2.21. The van der Waals surface area contributed by atoms with E-state index < -0.39 is 21.6 Å². The summed E-state index contributed by atoms with van der Waals surface area (Å²) in [5.41, 5.74) is 0.428. The van der Waals surface area contributed by atoms with Crippen LogP contribution in [-0.2, 0) is 9.84 Å². The Kier molecular flexibility index (Phi) is 3.59. The maximum Gasteiger partial charge on any atom is 0.335 e. The number of rotatable bonds is 3. The second kappa shape index (κ2) is 5.05. The van der Waals surface area contributed by atoms with Crippen LogP contribution in [0.15, 0.2) is 47.4 Å². The molecule has 6 heteroatoms. The molecule has 0 aromatic heterocycles. The van der Waals surface area contributed by atoms with Crippen LogP contribution in [0.3, 0.4) is 0 Å². The van der Waals surface area contributed by atoms with Gasteiger partial charge in [0, 0.05) is 11.8 Å². The number of benzene rings is 2.